The van der Waals surface area contributed by atoms with Crippen LogP contribution in [0.15, 0.2) is 48.4 Å². The Morgan fingerprint density at radius 2 is 2.27 bits per heavy atom. The molecule has 2 rings (SSSR count). The molecular formula is C15H17FN4OS. The molecule has 116 valence electrons. The van der Waals surface area contributed by atoms with Crippen LogP contribution < -0.4 is 5.32 Å². The quantitative estimate of drug-likeness (QED) is 0.597. The van der Waals surface area contributed by atoms with Gasteiger partial charge >= 0.3 is 0 Å². The van der Waals surface area contributed by atoms with Crippen molar-refractivity contribution in [1.29, 1.82) is 0 Å². The number of carbonyl (C=O) groups excluding carboxylic acids is 1. The van der Waals surface area contributed by atoms with Crippen LogP contribution in [0.3, 0.4) is 0 Å². The maximum Gasteiger partial charge on any atom is 0.230 e. The third kappa shape index (κ3) is 4.70. The molecule has 5 nitrogen and oxygen atoms in total. The van der Waals surface area contributed by atoms with Gasteiger partial charge in [0, 0.05) is 13.1 Å². The maximum absolute atomic E-state index is 13.4. The molecule has 1 aromatic heterocycles. The van der Waals surface area contributed by atoms with E-state index in [2.05, 4.69) is 22.1 Å². The molecule has 0 saturated heterocycles. The van der Waals surface area contributed by atoms with Crippen molar-refractivity contribution in [2.75, 3.05) is 12.3 Å². The van der Waals surface area contributed by atoms with Gasteiger partial charge in [0.1, 0.15) is 12.1 Å². The Kier molecular flexibility index (Phi) is 6.14. The first kappa shape index (κ1) is 16.2. The zero-order valence-corrected chi connectivity index (χ0v) is 12.9. The molecule has 0 aliphatic heterocycles. The van der Waals surface area contributed by atoms with Crippen molar-refractivity contribution in [3.8, 4) is 0 Å². The largest absolute Gasteiger partial charge is 0.355 e. The van der Waals surface area contributed by atoms with E-state index in [9.17, 15) is 9.18 Å². The van der Waals surface area contributed by atoms with E-state index >= 15 is 0 Å². The molecule has 1 amide bonds. The second-order valence-electron chi connectivity index (χ2n) is 4.53. The second-order valence-corrected chi connectivity index (χ2v) is 5.48. The summed E-state index contributed by atoms with van der Waals surface area (Å²) in [5, 5.41) is 11.2. The number of allylic oxidation sites excluding steroid dienone is 1. The average molecular weight is 320 g/mol. The number of hydrogen-bond donors (Lipinski definition) is 1. The summed E-state index contributed by atoms with van der Waals surface area (Å²) >= 11 is 1.31. The van der Waals surface area contributed by atoms with Crippen molar-refractivity contribution in [3.63, 3.8) is 0 Å². The number of nitrogens with one attached hydrogen (secondary N) is 1. The van der Waals surface area contributed by atoms with Crippen LogP contribution in [-0.2, 0) is 17.8 Å². The molecule has 2 aromatic rings. The van der Waals surface area contributed by atoms with Crippen LogP contribution in [-0.4, -0.2) is 33.0 Å². The van der Waals surface area contributed by atoms with Gasteiger partial charge < -0.3 is 9.88 Å². The van der Waals surface area contributed by atoms with E-state index < -0.39 is 0 Å². The van der Waals surface area contributed by atoms with E-state index in [1.807, 2.05) is 4.57 Å². The Labute approximate surface area is 132 Å². The molecule has 22 heavy (non-hydrogen) atoms. The first-order valence-electron chi connectivity index (χ1n) is 6.82. The Morgan fingerprint density at radius 3 is 3.05 bits per heavy atom. The van der Waals surface area contributed by atoms with E-state index in [1.54, 1.807) is 30.6 Å². The topological polar surface area (TPSA) is 59.8 Å². The van der Waals surface area contributed by atoms with Gasteiger partial charge in [0.05, 0.1) is 5.75 Å². The molecule has 0 aliphatic rings. The molecule has 0 spiro atoms. The van der Waals surface area contributed by atoms with Crippen molar-refractivity contribution < 1.29 is 9.18 Å². The molecule has 1 aromatic carbocycles. The minimum Gasteiger partial charge on any atom is -0.355 e. The predicted octanol–water partition coefficient (Wildman–Crippen LogP) is 2.05. The second kappa shape index (κ2) is 8.33. The van der Waals surface area contributed by atoms with E-state index in [4.69, 9.17) is 0 Å². The highest BCUT2D eigenvalue weighted by molar-refractivity contribution is 7.99. The Morgan fingerprint density at radius 1 is 1.45 bits per heavy atom. The number of benzene rings is 1. The fourth-order valence-electron chi connectivity index (χ4n) is 1.84. The van der Waals surface area contributed by atoms with Crippen LogP contribution in [0.2, 0.25) is 0 Å². The summed E-state index contributed by atoms with van der Waals surface area (Å²) in [5.74, 6) is -0.120. The summed E-state index contributed by atoms with van der Waals surface area (Å²) in [6.45, 7) is 4.66. The van der Waals surface area contributed by atoms with Crippen LogP contribution in [0.5, 0.6) is 0 Å². The Balaban J connectivity index is 1.73. The molecule has 1 heterocycles. The number of carbonyl (C=O) groups is 1. The summed E-state index contributed by atoms with van der Waals surface area (Å²) in [4.78, 5) is 11.8. The molecule has 0 atom stereocenters. The van der Waals surface area contributed by atoms with Gasteiger partial charge in [-0.15, -0.1) is 16.8 Å². The van der Waals surface area contributed by atoms with Crippen LogP contribution in [0.25, 0.3) is 0 Å². The maximum atomic E-state index is 13.4. The highest BCUT2D eigenvalue weighted by atomic mass is 32.2. The highest BCUT2D eigenvalue weighted by Gasteiger charge is 2.08. The lowest BCUT2D eigenvalue weighted by Crippen LogP contribution is -2.27. The van der Waals surface area contributed by atoms with Gasteiger partial charge in [0.2, 0.25) is 5.91 Å². The third-order valence-electron chi connectivity index (χ3n) is 2.91. The minimum atomic E-state index is -0.247. The molecule has 7 heteroatoms. The normalized spacial score (nSPS) is 10.4. The lowest BCUT2D eigenvalue weighted by Gasteiger charge is -2.06. The van der Waals surface area contributed by atoms with Crippen molar-refractivity contribution in [3.05, 3.63) is 54.6 Å². The molecule has 0 radical (unpaired) electrons. The monoisotopic (exact) mass is 320 g/mol. The first-order valence-corrected chi connectivity index (χ1v) is 7.81. The van der Waals surface area contributed by atoms with Gasteiger partial charge in [-0.05, 0) is 18.1 Å². The number of rotatable bonds is 8. The van der Waals surface area contributed by atoms with E-state index in [1.165, 1.54) is 17.8 Å². The van der Waals surface area contributed by atoms with Gasteiger partial charge in [-0.25, -0.2) is 4.39 Å². The molecule has 0 unspecified atom stereocenters. The van der Waals surface area contributed by atoms with E-state index in [-0.39, 0.29) is 17.5 Å². The molecule has 0 aliphatic carbocycles. The van der Waals surface area contributed by atoms with Crippen LogP contribution >= 0.6 is 11.8 Å². The highest BCUT2D eigenvalue weighted by Crippen LogP contribution is 2.14. The standard InChI is InChI=1S/C15H17FN4OS/c1-2-9-20-11-18-19-15(20)22-10-14(21)17-8-7-12-5-3-4-6-13(12)16/h2-6,11H,1,7-10H2,(H,17,21). The van der Waals surface area contributed by atoms with Crippen molar-refractivity contribution in [2.24, 2.45) is 0 Å². The average Bonchev–Trinajstić information content (AvgIpc) is 2.95. The predicted molar refractivity (Wildman–Crippen MR) is 84.1 cm³/mol. The van der Waals surface area contributed by atoms with E-state index in [0.29, 0.717) is 30.2 Å². The van der Waals surface area contributed by atoms with Crippen LogP contribution in [0.4, 0.5) is 4.39 Å². The fraction of sp³-hybridized carbons (Fsp3) is 0.267. The van der Waals surface area contributed by atoms with Gasteiger partial charge in [-0.2, -0.15) is 0 Å². The summed E-state index contributed by atoms with van der Waals surface area (Å²) in [5.41, 5.74) is 0.598. The summed E-state index contributed by atoms with van der Waals surface area (Å²) in [6, 6.07) is 6.56. The van der Waals surface area contributed by atoms with Crippen molar-refractivity contribution >= 4 is 17.7 Å². The molecule has 0 saturated carbocycles. The number of thioether (sulfide) groups is 1. The number of hydrogen-bond acceptors (Lipinski definition) is 4. The molecule has 0 bridgehead atoms. The van der Waals surface area contributed by atoms with Gasteiger partial charge in [0.15, 0.2) is 5.16 Å². The first-order chi connectivity index (χ1) is 10.7. The zero-order valence-electron chi connectivity index (χ0n) is 12.0. The lowest BCUT2D eigenvalue weighted by atomic mass is 10.1. The van der Waals surface area contributed by atoms with Crippen molar-refractivity contribution in [2.45, 2.75) is 18.1 Å². The number of amides is 1. The number of halogens is 1. The number of aromatic nitrogens is 3. The smallest absolute Gasteiger partial charge is 0.230 e. The van der Waals surface area contributed by atoms with Crippen molar-refractivity contribution in [1.82, 2.24) is 20.1 Å². The Bertz CT molecular complexity index is 644. The lowest BCUT2D eigenvalue weighted by molar-refractivity contribution is -0.118. The van der Waals surface area contributed by atoms with E-state index in [0.717, 1.165) is 0 Å². The fourth-order valence-corrected chi connectivity index (χ4v) is 2.59. The zero-order chi connectivity index (χ0) is 15.8. The SMILES string of the molecule is C=CCn1cnnc1SCC(=O)NCCc1ccccc1F. The summed E-state index contributed by atoms with van der Waals surface area (Å²) < 4.78 is 15.2. The van der Waals surface area contributed by atoms with Crippen LogP contribution in [0.1, 0.15) is 5.56 Å². The summed E-state index contributed by atoms with van der Waals surface area (Å²) in [6.07, 6.45) is 3.80. The third-order valence-corrected chi connectivity index (χ3v) is 3.89. The molecule has 0 fully saturated rings. The Hall–Kier alpha value is -2.15. The molecule has 1 N–H and O–H groups in total. The minimum absolute atomic E-state index is 0.116. The van der Waals surface area contributed by atoms with Gasteiger partial charge in [-0.3, -0.25) is 4.79 Å². The number of nitrogens with zero attached hydrogens (tertiary/aromatic N) is 3. The van der Waals surface area contributed by atoms with Gasteiger partial charge in [0.25, 0.3) is 0 Å². The van der Waals surface area contributed by atoms with Crippen LogP contribution in [0, 0.1) is 5.82 Å². The summed E-state index contributed by atoms with van der Waals surface area (Å²) in [7, 11) is 0. The molecular weight excluding hydrogens is 303 g/mol. The van der Waals surface area contributed by atoms with Gasteiger partial charge in [-0.1, -0.05) is 36.0 Å².